The Hall–Kier alpha value is -3.88. The van der Waals surface area contributed by atoms with Crippen molar-refractivity contribution in [3.63, 3.8) is 0 Å². The average molecular weight is 645 g/mol. The highest BCUT2D eigenvalue weighted by molar-refractivity contribution is 5.84. The number of benzene rings is 2. The van der Waals surface area contributed by atoms with Crippen LogP contribution < -0.4 is 5.32 Å². The molecule has 1 saturated heterocycles. The first kappa shape index (κ1) is 36.0. The normalized spacial score (nSPS) is 25.1. The number of nitrogens with one attached hydrogen (secondary N) is 1. The van der Waals surface area contributed by atoms with Gasteiger partial charge in [0.05, 0.1) is 24.0 Å². The van der Waals surface area contributed by atoms with E-state index in [-0.39, 0.29) is 18.6 Å². The van der Waals surface area contributed by atoms with E-state index in [2.05, 4.69) is 46.7 Å². The van der Waals surface area contributed by atoms with Crippen LogP contribution in [-0.4, -0.2) is 52.4 Å². The number of rotatable bonds is 13. The molecule has 1 aliphatic heterocycles. The van der Waals surface area contributed by atoms with Crippen molar-refractivity contribution in [2.24, 2.45) is 22.2 Å². The molecule has 0 saturated carbocycles. The molecule has 47 heavy (non-hydrogen) atoms. The standard InChI is InChI=1S/C39H49FN2O5/c1-25(2)39(36(45)46)28(5)42-27(4)38(35(43)44,34(39)32-12-8-9-13-33(32)40)23-37(6,7)24-47-22-26(3)19-29-14-16-30(17-15-29)20-31-11-10-18-41-21-31/h8-19,21,25,27-28,34,42H,20,22-24H2,1-7H3,(H,43,44)(H,45,46). The smallest absolute Gasteiger partial charge is 0.312 e. The zero-order chi connectivity index (χ0) is 34.6. The van der Waals surface area contributed by atoms with Crippen LogP contribution in [0, 0.1) is 28.0 Å². The van der Waals surface area contributed by atoms with Crippen LogP contribution >= 0.6 is 0 Å². The second kappa shape index (κ2) is 14.5. The monoisotopic (exact) mass is 644 g/mol. The second-order valence-electron chi connectivity index (χ2n) is 14.4. The Balaban J connectivity index is 1.58. The second-order valence-corrected chi connectivity index (χ2v) is 14.4. The minimum absolute atomic E-state index is 0.0676. The van der Waals surface area contributed by atoms with E-state index in [0.29, 0.717) is 6.61 Å². The summed E-state index contributed by atoms with van der Waals surface area (Å²) in [6.07, 6.45) is 6.57. The molecule has 5 atom stereocenters. The van der Waals surface area contributed by atoms with E-state index in [1.54, 1.807) is 46.0 Å². The van der Waals surface area contributed by atoms with Crippen LogP contribution in [0.4, 0.5) is 4.39 Å². The Kier molecular flexibility index (Phi) is 11.1. The molecule has 7 nitrogen and oxygen atoms in total. The molecule has 3 aromatic rings. The fraction of sp³-hybridized carbons (Fsp3) is 0.462. The summed E-state index contributed by atoms with van der Waals surface area (Å²) < 4.78 is 21.9. The fourth-order valence-electron chi connectivity index (χ4n) is 7.99. The summed E-state index contributed by atoms with van der Waals surface area (Å²) in [5.74, 6) is -4.55. The molecule has 0 bridgehead atoms. The summed E-state index contributed by atoms with van der Waals surface area (Å²) in [6, 6.07) is 17.1. The summed E-state index contributed by atoms with van der Waals surface area (Å²) in [7, 11) is 0. The molecule has 3 N–H and O–H groups in total. The third-order valence-corrected chi connectivity index (χ3v) is 10.0. The molecule has 0 radical (unpaired) electrons. The van der Waals surface area contributed by atoms with Crippen molar-refractivity contribution >= 4 is 18.0 Å². The number of halogens is 1. The van der Waals surface area contributed by atoms with Crippen LogP contribution in [0.1, 0.15) is 83.1 Å². The number of pyridine rings is 1. The van der Waals surface area contributed by atoms with E-state index in [4.69, 9.17) is 4.74 Å². The number of aliphatic carboxylic acids is 2. The number of carbonyl (C=O) groups is 2. The number of nitrogens with zero attached hydrogens (tertiary/aromatic N) is 1. The molecule has 0 spiro atoms. The number of ether oxygens (including phenoxy) is 1. The number of hydrogen-bond donors (Lipinski definition) is 3. The molecular weight excluding hydrogens is 595 g/mol. The summed E-state index contributed by atoms with van der Waals surface area (Å²) >= 11 is 0. The lowest BCUT2D eigenvalue weighted by molar-refractivity contribution is -0.181. The van der Waals surface area contributed by atoms with Gasteiger partial charge in [0.2, 0.25) is 0 Å². The van der Waals surface area contributed by atoms with Crippen LogP contribution in [-0.2, 0) is 20.7 Å². The number of aromatic nitrogens is 1. The Bertz CT molecular complexity index is 1570. The van der Waals surface area contributed by atoms with Gasteiger partial charge in [-0.05, 0) is 84.9 Å². The van der Waals surface area contributed by atoms with Crippen molar-refractivity contribution in [3.8, 4) is 0 Å². The van der Waals surface area contributed by atoms with Crippen molar-refractivity contribution in [1.29, 1.82) is 0 Å². The van der Waals surface area contributed by atoms with E-state index in [9.17, 15) is 19.8 Å². The van der Waals surface area contributed by atoms with Gasteiger partial charge in [-0.1, -0.05) is 82.3 Å². The predicted molar refractivity (Wildman–Crippen MR) is 183 cm³/mol. The zero-order valence-corrected chi connectivity index (χ0v) is 28.6. The van der Waals surface area contributed by atoms with E-state index in [1.165, 1.54) is 17.7 Å². The van der Waals surface area contributed by atoms with Crippen molar-refractivity contribution in [2.45, 2.75) is 79.3 Å². The van der Waals surface area contributed by atoms with E-state index < -0.39 is 57.9 Å². The average Bonchev–Trinajstić information content (AvgIpc) is 2.99. The molecule has 1 fully saturated rings. The highest BCUT2D eigenvalue weighted by Gasteiger charge is 2.69. The van der Waals surface area contributed by atoms with Gasteiger partial charge in [-0.15, -0.1) is 0 Å². The number of carboxylic acid groups (broad SMARTS) is 2. The van der Waals surface area contributed by atoms with Crippen molar-refractivity contribution in [3.05, 3.63) is 107 Å². The number of carboxylic acids is 2. The van der Waals surface area contributed by atoms with Gasteiger partial charge in [0.1, 0.15) is 5.82 Å². The lowest BCUT2D eigenvalue weighted by Crippen LogP contribution is -2.71. The Labute approximate surface area is 278 Å². The van der Waals surface area contributed by atoms with Gasteiger partial charge in [0.25, 0.3) is 0 Å². The Morgan fingerprint density at radius 3 is 2.26 bits per heavy atom. The molecule has 8 heteroatoms. The minimum Gasteiger partial charge on any atom is -0.481 e. The van der Waals surface area contributed by atoms with Gasteiger partial charge in [0.15, 0.2) is 0 Å². The van der Waals surface area contributed by atoms with Gasteiger partial charge in [0, 0.05) is 30.4 Å². The minimum atomic E-state index is -1.66. The zero-order valence-electron chi connectivity index (χ0n) is 28.6. The van der Waals surface area contributed by atoms with E-state index >= 15 is 4.39 Å². The first-order valence-corrected chi connectivity index (χ1v) is 16.3. The van der Waals surface area contributed by atoms with E-state index in [0.717, 1.165) is 23.1 Å². The Morgan fingerprint density at radius 2 is 1.68 bits per heavy atom. The van der Waals surface area contributed by atoms with Crippen LogP contribution in [0.25, 0.3) is 6.08 Å². The first-order valence-electron chi connectivity index (χ1n) is 16.3. The fourth-order valence-corrected chi connectivity index (χ4v) is 7.99. The molecule has 1 aromatic heterocycles. The first-order chi connectivity index (χ1) is 22.1. The maximum atomic E-state index is 15.7. The number of piperidine rings is 1. The molecule has 5 unspecified atom stereocenters. The molecular formula is C39H49FN2O5. The van der Waals surface area contributed by atoms with Gasteiger partial charge in [-0.2, -0.15) is 0 Å². The maximum absolute atomic E-state index is 15.7. The van der Waals surface area contributed by atoms with Crippen LogP contribution in [0.3, 0.4) is 0 Å². The molecule has 4 rings (SSSR count). The van der Waals surface area contributed by atoms with Gasteiger partial charge in [-0.3, -0.25) is 14.6 Å². The molecule has 0 amide bonds. The topological polar surface area (TPSA) is 109 Å². The van der Waals surface area contributed by atoms with Crippen molar-refractivity contribution in [1.82, 2.24) is 10.3 Å². The largest absolute Gasteiger partial charge is 0.481 e. The van der Waals surface area contributed by atoms with Crippen LogP contribution in [0.5, 0.6) is 0 Å². The predicted octanol–water partition coefficient (Wildman–Crippen LogP) is 7.61. The number of hydrogen-bond acceptors (Lipinski definition) is 5. The van der Waals surface area contributed by atoms with Gasteiger partial charge in [-0.25, -0.2) is 4.39 Å². The summed E-state index contributed by atoms with van der Waals surface area (Å²) in [4.78, 5) is 31.1. The third-order valence-electron chi connectivity index (χ3n) is 10.0. The van der Waals surface area contributed by atoms with Crippen LogP contribution in [0.15, 0.2) is 78.6 Å². The molecule has 0 aliphatic carbocycles. The lowest BCUT2D eigenvalue weighted by Gasteiger charge is -2.60. The van der Waals surface area contributed by atoms with Gasteiger partial charge >= 0.3 is 11.9 Å². The molecule has 252 valence electrons. The van der Waals surface area contributed by atoms with Gasteiger partial charge < -0.3 is 20.3 Å². The summed E-state index contributed by atoms with van der Waals surface area (Å²) in [5, 5.41) is 25.3. The Morgan fingerprint density at radius 1 is 1.00 bits per heavy atom. The SMILES string of the molecule is CC(=Cc1ccc(Cc2cccnc2)cc1)COCC(C)(C)CC1(C(=O)O)C(C)NC(C)C(C(=O)O)(C(C)C)C1c1ccccc1F. The molecule has 2 aromatic carbocycles. The molecule has 1 aliphatic rings. The summed E-state index contributed by atoms with van der Waals surface area (Å²) in [6.45, 7) is 13.5. The van der Waals surface area contributed by atoms with Crippen molar-refractivity contribution in [2.75, 3.05) is 13.2 Å². The highest BCUT2D eigenvalue weighted by Crippen LogP contribution is 2.61. The van der Waals surface area contributed by atoms with Crippen LogP contribution in [0.2, 0.25) is 0 Å². The maximum Gasteiger partial charge on any atom is 0.312 e. The molecule has 2 heterocycles. The quantitative estimate of drug-likeness (QED) is 0.176. The van der Waals surface area contributed by atoms with E-state index in [1.807, 2.05) is 33.0 Å². The van der Waals surface area contributed by atoms with Crippen molar-refractivity contribution < 1.29 is 28.9 Å². The highest BCUT2D eigenvalue weighted by atomic mass is 19.1. The lowest BCUT2D eigenvalue weighted by atomic mass is 9.46. The summed E-state index contributed by atoms with van der Waals surface area (Å²) in [5.41, 5.74) is 0.554. The third kappa shape index (κ3) is 7.34.